The van der Waals surface area contributed by atoms with Gasteiger partial charge in [-0.1, -0.05) is 18.2 Å². The molecule has 0 aliphatic heterocycles. The van der Waals surface area contributed by atoms with Gasteiger partial charge in [0.1, 0.15) is 11.3 Å². The van der Waals surface area contributed by atoms with Crippen molar-refractivity contribution in [3.05, 3.63) is 59.1 Å². The van der Waals surface area contributed by atoms with Crippen LogP contribution in [0.4, 0.5) is 0 Å². The molecule has 0 bridgehead atoms. The lowest BCUT2D eigenvalue weighted by atomic mass is 10.1. The molecule has 0 fully saturated rings. The quantitative estimate of drug-likeness (QED) is 0.734. The van der Waals surface area contributed by atoms with E-state index in [0.29, 0.717) is 12.3 Å². The zero-order valence-electron chi connectivity index (χ0n) is 14.2. The summed E-state index contributed by atoms with van der Waals surface area (Å²) in [5.74, 6) is 0.542. The first-order valence-electron chi connectivity index (χ1n) is 7.98. The van der Waals surface area contributed by atoms with Gasteiger partial charge < -0.3 is 9.73 Å². The van der Waals surface area contributed by atoms with Crippen molar-refractivity contribution in [3.8, 4) is 0 Å². The van der Waals surface area contributed by atoms with E-state index in [1.807, 2.05) is 55.9 Å². The Labute approximate surface area is 141 Å². The van der Waals surface area contributed by atoms with Crippen molar-refractivity contribution in [2.45, 2.75) is 20.3 Å². The molecule has 0 atom stereocenters. The first kappa shape index (κ1) is 16.1. The van der Waals surface area contributed by atoms with Crippen LogP contribution in [0.25, 0.3) is 17.0 Å². The molecule has 2 heterocycles. The van der Waals surface area contributed by atoms with E-state index in [-0.39, 0.29) is 5.91 Å². The van der Waals surface area contributed by atoms with Gasteiger partial charge >= 0.3 is 0 Å². The molecule has 5 heteroatoms. The maximum atomic E-state index is 11.9. The number of hydrogen-bond donors (Lipinski definition) is 1. The molecular formula is C19H21N3O2. The average Bonchev–Trinajstić information content (AvgIpc) is 3.08. The van der Waals surface area contributed by atoms with Gasteiger partial charge in [0.2, 0.25) is 5.91 Å². The number of carbonyl (C=O) groups is 1. The number of rotatable bonds is 5. The number of aryl methyl sites for hydroxylation is 2. The first-order valence-corrected chi connectivity index (χ1v) is 7.98. The van der Waals surface area contributed by atoms with Crippen LogP contribution in [0.5, 0.6) is 0 Å². The number of para-hydroxylation sites is 1. The third-order valence-corrected chi connectivity index (χ3v) is 4.18. The molecule has 0 saturated carbocycles. The third kappa shape index (κ3) is 3.40. The largest absolute Gasteiger partial charge is 0.457 e. The Hall–Kier alpha value is -2.82. The zero-order chi connectivity index (χ0) is 17.1. The number of aromatic nitrogens is 2. The van der Waals surface area contributed by atoms with Crippen molar-refractivity contribution in [2.75, 3.05) is 6.54 Å². The van der Waals surface area contributed by atoms with Crippen LogP contribution in [-0.2, 0) is 18.3 Å². The van der Waals surface area contributed by atoms with Gasteiger partial charge in [0.25, 0.3) is 0 Å². The van der Waals surface area contributed by atoms with Crippen LogP contribution in [0.2, 0.25) is 0 Å². The highest BCUT2D eigenvalue weighted by Crippen LogP contribution is 2.19. The molecule has 0 radical (unpaired) electrons. The minimum absolute atomic E-state index is 0.130. The van der Waals surface area contributed by atoms with Crippen LogP contribution in [-0.4, -0.2) is 22.2 Å². The summed E-state index contributed by atoms with van der Waals surface area (Å²) in [5, 5.41) is 8.30. The third-order valence-electron chi connectivity index (χ3n) is 4.18. The molecule has 5 nitrogen and oxygen atoms in total. The topological polar surface area (TPSA) is 60.1 Å². The predicted molar refractivity (Wildman–Crippen MR) is 94.6 cm³/mol. The lowest BCUT2D eigenvalue weighted by Crippen LogP contribution is -2.23. The molecule has 1 amide bonds. The first-order chi connectivity index (χ1) is 11.5. The Balaban J connectivity index is 1.55. The van der Waals surface area contributed by atoms with E-state index >= 15 is 0 Å². The fraction of sp³-hybridized carbons (Fsp3) is 0.263. The van der Waals surface area contributed by atoms with Gasteiger partial charge in [0.15, 0.2) is 0 Å². The van der Waals surface area contributed by atoms with Crippen molar-refractivity contribution in [1.82, 2.24) is 15.1 Å². The van der Waals surface area contributed by atoms with E-state index in [9.17, 15) is 4.79 Å². The molecule has 1 aromatic carbocycles. The maximum Gasteiger partial charge on any atom is 0.244 e. The summed E-state index contributed by atoms with van der Waals surface area (Å²) in [4.78, 5) is 11.9. The Morgan fingerprint density at radius 2 is 2.12 bits per heavy atom. The van der Waals surface area contributed by atoms with Gasteiger partial charge in [0, 0.05) is 30.7 Å². The molecular weight excluding hydrogens is 302 g/mol. The number of carbonyl (C=O) groups excluding carboxylic acids is 1. The Bertz CT molecular complexity index is 870. The molecule has 2 aromatic heterocycles. The van der Waals surface area contributed by atoms with E-state index in [2.05, 4.69) is 10.4 Å². The molecule has 0 unspecified atom stereocenters. The van der Waals surface area contributed by atoms with E-state index in [1.165, 1.54) is 11.6 Å². The smallest absolute Gasteiger partial charge is 0.244 e. The van der Waals surface area contributed by atoms with Crippen LogP contribution in [0.15, 0.2) is 40.8 Å². The van der Waals surface area contributed by atoms with Crippen LogP contribution >= 0.6 is 0 Å². The van der Waals surface area contributed by atoms with E-state index in [0.717, 1.165) is 28.8 Å². The molecule has 3 rings (SSSR count). The van der Waals surface area contributed by atoms with Gasteiger partial charge in [-0.05, 0) is 44.0 Å². The fourth-order valence-corrected chi connectivity index (χ4v) is 2.79. The average molecular weight is 323 g/mol. The number of nitrogens with zero attached hydrogens (tertiary/aromatic N) is 2. The Morgan fingerprint density at radius 3 is 2.83 bits per heavy atom. The Kier molecular flexibility index (Phi) is 4.51. The van der Waals surface area contributed by atoms with Crippen molar-refractivity contribution < 1.29 is 9.21 Å². The lowest BCUT2D eigenvalue weighted by molar-refractivity contribution is -0.116. The van der Waals surface area contributed by atoms with Crippen molar-refractivity contribution in [3.63, 3.8) is 0 Å². The standard InChI is InChI=1S/C19H21N3O2/c1-13-17(14(2)22(3)21-13)10-11-20-19(23)9-8-16-12-15-6-4-5-7-18(15)24-16/h4-9,12H,10-11H2,1-3H3,(H,20,23)/b9-8+. The van der Waals surface area contributed by atoms with Crippen LogP contribution in [0.3, 0.4) is 0 Å². The summed E-state index contributed by atoms with van der Waals surface area (Å²) in [5.41, 5.74) is 4.17. The molecule has 0 aliphatic rings. The van der Waals surface area contributed by atoms with Gasteiger partial charge in [0.05, 0.1) is 5.69 Å². The minimum Gasteiger partial charge on any atom is -0.457 e. The fourth-order valence-electron chi connectivity index (χ4n) is 2.79. The highest BCUT2D eigenvalue weighted by atomic mass is 16.3. The van der Waals surface area contributed by atoms with Crippen LogP contribution < -0.4 is 5.32 Å². The molecule has 0 aliphatic carbocycles. The van der Waals surface area contributed by atoms with Crippen molar-refractivity contribution in [1.29, 1.82) is 0 Å². The summed E-state index contributed by atoms with van der Waals surface area (Å²) in [6, 6.07) is 9.69. The summed E-state index contributed by atoms with van der Waals surface area (Å²) in [6.07, 6.45) is 3.96. The number of hydrogen-bond acceptors (Lipinski definition) is 3. The number of benzene rings is 1. The number of nitrogens with one attached hydrogen (secondary N) is 1. The van der Waals surface area contributed by atoms with Gasteiger partial charge in [-0.3, -0.25) is 9.48 Å². The monoisotopic (exact) mass is 323 g/mol. The van der Waals surface area contributed by atoms with Crippen LogP contribution in [0, 0.1) is 13.8 Å². The van der Waals surface area contributed by atoms with E-state index < -0.39 is 0 Å². The number of fused-ring (bicyclic) bond motifs is 1. The second-order valence-corrected chi connectivity index (χ2v) is 5.83. The van der Waals surface area contributed by atoms with E-state index in [1.54, 1.807) is 6.08 Å². The highest BCUT2D eigenvalue weighted by molar-refractivity contribution is 5.92. The molecule has 3 aromatic rings. The summed E-state index contributed by atoms with van der Waals surface area (Å²) in [6.45, 7) is 4.61. The number of amides is 1. The molecule has 1 N–H and O–H groups in total. The predicted octanol–water partition coefficient (Wildman–Crippen LogP) is 3.16. The van der Waals surface area contributed by atoms with Crippen LogP contribution in [0.1, 0.15) is 22.7 Å². The highest BCUT2D eigenvalue weighted by Gasteiger charge is 2.09. The number of furan rings is 1. The molecule has 0 saturated heterocycles. The second-order valence-electron chi connectivity index (χ2n) is 5.83. The van der Waals surface area contributed by atoms with Crippen molar-refractivity contribution in [2.24, 2.45) is 7.05 Å². The summed E-state index contributed by atoms with van der Waals surface area (Å²) >= 11 is 0. The summed E-state index contributed by atoms with van der Waals surface area (Å²) in [7, 11) is 1.93. The normalized spacial score (nSPS) is 11.5. The lowest BCUT2D eigenvalue weighted by Gasteiger charge is -2.03. The zero-order valence-corrected chi connectivity index (χ0v) is 14.2. The van der Waals surface area contributed by atoms with Crippen molar-refractivity contribution >= 4 is 23.0 Å². The SMILES string of the molecule is Cc1nn(C)c(C)c1CCNC(=O)/C=C/c1cc2ccccc2o1. The van der Waals surface area contributed by atoms with Gasteiger partial charge in [-0.25, -0.2) is 0 Å². The summed E-state index contributed by atoms with van der Waals surface area (Å²) < 4.78 is 7.52. The molecule has 124 valence electrons. The second kappa shape index (κ2) is 6.74. The van der Waals surface area contributed by atoms with E-state index in [4.69, 9.17) is 4.42 Å². The Morgan fingerprint density at radius 1 is 1.33 bits per heavy atom. The van der Waals surface area contributed by atoms with Gasteiger partial charge in [-0.15, -0.1) is 0 Å². The maximum absolute atomic E-state index is 11.9. The van der Waals surface area contributed by atoms with Gasteiger partial charge in [-0.2, -0.15) is 5.10 Å². The molecule has 0 spiro atoms. The molecule has 24 heavy (non-hydrogen) atoms. The minimum atomic E-state index is -0.130.